The van der Waals surface area contributed by atoms with Gasteiger partial charge >= 0.3 is 5.97 Å². The number of likely N-dealkylation sites (N-methyl/N-ethyl adjacent to an activating group) is 1. The first-order valence-corrected chi connectivity index (χ1v) is 16.7. The summed E-state index contributed by atoms with van der Waals surface area (Å²) < 4.78 is 28.4. The third-order valence-corrected chi connectivity index (χ3v) is 12.8. The van der Waals surface area contributed by atoms with E-state index in [-0.39, 0.29) is 41.0 Å². The summed E-state index contributed by atoms with van der Waals surface area (Å²) in [5.41, 5.74) is -0.0746. The van der Waals surface area contributed by atoms with Crippen LogP contribution in [0.15, 0.2) is 48.5 Å². The Kier molecular flexibility index (Phi) is 7.24. The highest BCUT2D eigenvalue weighted by Gasteiger charge is 2.68. The van der Waals surface area contributed by atoms with Crippen LogP contribution in [0.5, 0.6) is 0 Å². The first-order valence-electron chi connectivity index (χ1n) is 14.4. The van der Waals surface area contributed by atoms with Crippen molar-refractivity contribution < 1.29 is 23.1 Å². The molecule has 2 N–H and O–H groups in total. The minimum Gasteiger partial charge on any atom is -0.481 e. The van der Waals surface area contributed by atoms with E-state index in [1.165, 1.54) is 0 Å². The number of carboxylic acids is 1. The predicted octanol–water partition coefficient (Wildman–Crippen LogP) is 5.82. The van der Waals surface area contributed by atoms with Gasteiger partial charge in [-0.2, -0.15) is 0 Å². The highest BCUT2D eigenvalue weighted by molar-refractivity contribution is 7.90. The molecule has 10 heteroatoms. The molecule has 220 valence electrons. The average Bonchev–Trinajstić information content (AvgIpc) is 3.78. The molecule has 3 saturated carbocycles. The Morgan fingerprint density at radius 1 is 1.12 bits per heavy atom. The van der Waals surface area contributed by atoms with E-state index in [1.54, 1.807) is 11.9 Å². The summed E-state index contributed by atoms with van der Waals surface area (Å²) in [4.78, 5) is 28.3. The minimum absolute atomic E-state index is 0.0279. The molecule has 3 aliphatic carbocycles. The lowest BCUT2D eigenvalue weighted by molar-refractivity contribution is -0.166. The summed E-state index contributed by atoms with van der Waals surface area (Å²) in [5, 5.41) is 11.1. The molecule has 0 radical (unpaired) electrons. The molecule has 2 aromatic rings. The molecule has 7 nitrogen and oxygen atoms in total. The summed E-state index contributed by atoms with van der Waals surface area (Å²) in [6, 6.07) is 14.9. The smallest absolute Gasteiger partial charge is 0.310 e. The molecule has 6 rings (SSSR count). The molecule has 0 bridgehead atoms. The number of aliphatic carboxylic acids is 1. The monoisotopic (exact) mass is 618 g/mol. The Morgan fingerprint density at radius 3 is 2.39 bits per heavy atom. The van der Waals surface area contributed by atoms with Crippen LogP contribution < -0.4 is 4.72 Å². The van der Waals surface area contributed by atoms with Crippen molar-refractivity contribution in [3.63, 3.8) is 0 Å². The number of piperidine rings is 1. The molecular formula is C31H36Cl2N2O5S. The molecule has 2 unspecified atom stereocenters. The largest absolute Gasteiger partial charge is 0.481 e. The van der Waals surface area contributed by atoms with E-state index < -0.39 is 26.8 Å². The maximum atomic E-state index is 14.1. The maximum absolute atomic E-state index is 14.1. The van der Waals surface area contributed by atoms with Gasteiger partial charge in [-0.1, -0.05) is 47.5 Å². The zero-order chi connectivity index (χ0) is 29.3. The second kappa shape index (κ2) is 10.2. The van der Waals surface area contributed by atoms with Gasteiger partial charge in [-0.25, -0.2) is 13.1 Å². The fourth-order valence-corrected chi connectivity index (χ4v) is 9.37. The van der Waals surface area contributed by atoms with E-state index in [2.05, 4.69) is 4.72 Å². The van der Waals surface area contributed by atoms with Gasteiger partial charge in [0.15, 0.2) is 0 Å². The number of amides is 1. The van der Waals surface area contributed by atoms with Crippen molar-refractivity contribution >= 4 is 45.1 Å². The van der Waals surface area contributed by atoms with Gasteiger partial charge < -0.3 is 10.0 Å². The number of carboxylic acid groups (broad SMARTS) is 1. The molecule has 41 heavy (non-hydrogen) atoms. The van der Waals surface area contributed by atoms with Gasteiger partial charge in [-0.05, 0) is 99.1 Å². The van der Waals surface area contributed by atoms with Crippen LogP contribution >= 0.6 is 23.2 Å². The second-order valence-electron chi connectivity index (χ2n) is 12.8. The SMILES string of the molecule is CN1C(=O)[C@](C)(C2(C(=O)O)CC2)C[C@H](c2cccc(Cl)c2)[C@@H]1C[C@H](c1ccc(Cl)cc1)C1CC1NS(=O)(=O)C1CC1. The summed E-state index contributed by atoms with van der Waals surface area (Å²) in [7, 11) is -1.54. The van der Waals surface area contributed by atoms with Gasteiger partial charge in [0.1, 0.15) is 0 Å². The summed E-state index contributed by atoms with van der Waals surface area (Å²) >= 11 is 12.7. The second-order valence-corrected chi connectivity index (χ2v) is 15.7. The zero-order valence-electron chi connectivity index (χ0n) is 23.2. The Hall–Kier alpha value is -2.13. The standard InChI is InChI=1S/C31H36Cl2N2O5S/c1-30(31(12-13-31)29(37)38)17-25(19-4-3-5-21(33)14-19)27(35(2)28(30)36)16-23(18-6-8-20(32)9-7-18)24-15-26(24)34-41(39,40)22-10-11-22/h3-9,14,22-27,34H,10-13,15-17H2,1-2H3,(H,37,38)/t23-,24?,25-,26?,27+,30-/m1/s1. The highest BCUT2D eigenvalue weighted by Crippen LogP contribution is 2.65. The maximum Gasteiger partial charge on any atom is 0.310 e. The summed E-state index contributed by atoms with van der Waals surface area (Å²) in [6.45, 7) is 1.82. The van der Waals surface area contributed by atoms with E-state index in [0.717, 1.165) is 17.5 Å². The van der Waals surface area contributed by atoms with Crippen LogP contribution in [0.4, 0.5) is 0 Å². The van der Waals surface area contributed by atoms with E-state index >= 15 is 0 Å². The number of likely N-dealkylation sites (tertiary alicyclic amines) is 1. The van der Waals surface area contributed by atoms with E-state index in [0.29, 0.717) is 48.6 Å². The Balaban J connectivity index is 1.35. The molecule has 1 heterocycles. The van der Waals surface area contributed by atoms with E-state index in [4.69, 9.17) is 23.2 Å². The van der Waals surface area contributed by atoms with E-state index in [1.807, 2.05) is 55.5 Å². The van der Waals surface area contributed by atoms with Crippen LogP contribution in [0.25, 0.3) is 0 Å². The number of benzene rings is 2. The molecule has 4 aliphatic rings. The molecule has 6 atom stereocenters. The van der Waals surface area contributed by atoms with Gasteiger partial charge in [-0.15, -0.1) is 0 Å². The van der Waals surface area contributed by atoms with Crippen LogP contribution in [-0.4, -0.2) is 54.7 Å². The van der Waals surface area contributed by atoms with Crippen molar-refractivity contribution in [2.45, 2.75) is 81.0 Å². The van der Waals surface area contributed by atoms with Gasteiger partial charge in [-0.3, -0.25) is 9.59 Å². The third kappa shape index (κ3) is 5.19. The van der Waals surface area contributed by atoms with Crippen LogP contribution in [0.3, 0.4) is 0 Å². The summed E-state index contributed by atoms with van der Waals surface area (Å²) in [5.74, 6) is -1.14. The number of hydrogen-bond donors (Lipinski definition) is 2. The van der Waals surface area contributed by atoms with Gasteiger partial charge in [0.25, 0.3) is 0 Å². The van der Waals surface area contributed by atoms with Crippen molar-refractivity contribution in [1.29, 1.82) is 0 Å². The fourth-order valence-electron chi connectivity index (χ4n) is 7.41. The first-order chi connectivity index (χ1) is 19.4. The van der Waals surface area contributed by atoms with Crippen molar-refractivity contribution in [2.24, 2.45) is 16.7 Å². The number of sulfonamides is 1. The van der Waals surface area contributed by atoms with Crippen LogP contribution in [0.2, 0.25) is 10.0 Å². The fraction of sp³-hybridized carbons (Fsp3) is 0.548. The van der Waals surface area contributed by atoms with Crippen molar-refractivity contribution in [3.8, 4) is 0 Å². The quantitative estimate of drug-likeness (QED) is 0.349. The average molecular weight is 620 g/mol. The molecule has 4 fully saturated rings. The number of halogens is 2. The van der Waals surface area contributed by atoms with Gasteiger partial charge in [0, 0.05) is 35.1 Å². The molecule has 1 amide bonds. The zero-order valence-corrected chi connectivity index (χ0v) is 25.6. The number of nitrogens with one attached hydrogen (secondary N) is 1. The lowest BCUT2D eigenvalue weighted by atomic mass is 9.61. The van der Waals surface area contributed by atoms with Gasteiger partial charge in [0.05, 0.1) is 16.1 Å². The Morgan fingerprint density at radius 2 is 1.80 bits per heavy atom. The van der Waals surface area contributed by atoms with Crippen LogP contribution in [0, 0.1) is 16.7 Å². The number of hydrogen-bond acceptors (Lipinski definition) is 4. The number of nitrogens with zero attached hydrogens (tertiary/aromatic N) is 1. The number of carbonyl (C=O) groups is 2. The van der Waals surface area contributed by atoms with Crippen LogP contribution in [0.1, 0.15) is 74.8 Å². The molecule has 0 spiro atoms. The Labute approximate surface area is 251 Å². The normalized spacial score (nSPS) is 31.5. The van der Waals surface area contributed by atoms with Gasteiger partial charge in [0.2, 0.25) is 15.9 Å². The lowest BCUT2D eigenvalue weighted by Crippen LogP contribution is -2.58. The third-order valence-electron chi connectivity index (χ3n) is 10.3. The van der Waals surface area contributed by atoms with Crippen molar-refractivity contribution in [2.75, 3.05) is 7.05 Å². The molecular weight excluding hydrogens is 583 g/mol. The molecule has 2 aromatic carbocycles. The topological polar surface area (TPSA) is 104 Å². The molecule has 0 aromatic heterocycles. The van der Waals surface area contributed by atoms with Crippen molar-refractivity contribution in [3.05, 3.63) is 69.7 Å². The molecule has 1 saturated heterocycles. The predicted molar refractivity (Wildman–Crippen MR) is 159 cm³/mol. The summed E-state index contributed by atoms with van der Waals surface area (Å²) in [6.07, 6.45) is 4.13. The lowest BCUT2D eigenvalue weighted by Gasteiger charge is -2.51. The minimum atomic E-state index is -3.33. The van der Waals surface area contributed by atoms with Crippen LogP contribution in [-0.2, 0) is 19.6 Å². The Bertz CT molecular complexity index is 1470. The highest BCUT2D eigenvalue weighted by atomic mass is 35.5. The van der Waals surface area contributed by atoms with Crippen molar-refractivity contribution in [1.82, 2.24) is 9.62 Å². The van der Waals surface area contributed by atoms with E-state index in [9.17, 15) is 23.1 Å². The molecule has 1 aliphatic heterocycles. The number of carbonyl (C=O) groups excluding carboxylic acids is 1. The first kappa shape index (κ1) is 29.0. The number of rotatable bonds is 10.